The van der Waals surface area contributed by atoms with Crippen LogP contribution in [0.5, 0.6) is 5.75 Å². The highest BCUT2D eigenvalue weighted by Gasteiger charge is 2.37. The van der Waals surface area contributed by atoms with Crippen molar-refractivity contribution < 1.29 is 19.1 Å². The van der Waals surface area contributed by atoms with Gasteiger partial charge in [-0.15, -0.1) is 0 Å². The molecule has 0 saturated heterocycles. The molecule has 2 amide bonds. The topological polar surface area (TPSA) is 102 Å². The second-order valence-corrected chi connectivity index (χ2v) is 8.20. The molecule has 0 atom stereocenters. The molecule has 3 aromatic rings. The first-order chi connectivity index (χ1) is 16.3. The maximum absolute atomic E-state index is 12.8. The van der Waals surface area contributed by atoms with Crippen molar-refractivity contribution in [3.8, 4) is 5.75 Å². The Balaban J connectivity index is 1.40. The highest BCUT2D eigenvalue weighted by Crippen LogP contribution is 2.27. The van der Waals surface area contributed by atoms with Gasteiger partial charge in [0.25, 0.3) is 11.8 Å². The van der Waals surface area contributed by atoms with Crippen LogP contribution in [0.15, 0.2) is 83.5 Å². The Bertz CT molecular complexity index is 1290. The van der Waals surface area contributed by atoms with E-state index in [-0.39, 0.29) is 23.0 Å². The number of halogens is 1. The van der Waals surface area contributed by atoms with Gasteiger partial charge in [0, 0.05) is 12.2 Å². The van der Waals surface area contributed by atoms with Gasteiger partial charge in [0.15, 0.2) is 5.75 Å². The number of nitrogen functional groups attached to an aromatic ring is 1. The Kier molecular flexibility index (Phi) is 6.65. The van der Waals surface area contributed by atoms with Crippen molar-refractivity contribution in [2.75, 3.05) is 17.6 Å². The number of ether oxygens (including phenoxy) is 1. The average Bonchev–Trinajstić information content (AvgIpc) is 3.03. The number of anilines is 2. The summed E-state index contributed by atoms with van der Waals surface area (Å²) in [5.41, 5.74) is 9.02. The van der Waals surface area contributed by atoms with Crippen LogP contribution in [0.2, 0.25) is 0 Å². The number of carbonyl (C=O) groups is 3. The van der Waals surface area contributed by atoms with Crippen molar-refractivity contribution in [1.82, 2.24) is 4.90 Å². The van der Waals surface area contributed by atoms with Gasteiger partial charge in [0.05, 0.1) is 11.3 Å². The number of carbonyl (C=O) groups excluding carboxylic acids is 3. The summed E-state index contributed by atoms with van der Waals surface area (Å²) in [6.07, 6.45) is 0.526. The number of nitrogens with zero attached hydrogens (tertiary/aromatic N) is 1. The Hall–Kier alpha value is -4.10. The fourth-order valence-corrected chi connectivity index (χ4v) is 3.73. The Morgan fingerprint density at radius 2 is 1.71 bits per heavy atom. The summed E-state index contributed by atoms with van der Waals surface area (Å²) < 4.78 is 5.36. The van der Waals surface area contributed by atoms with E-state index in [4.69, 9.17) is 22.1 Å². The molecule has 3 N–H and O–H groups in total. The first-order valence-corrected chi connectivity index (χ1v) is 11.0. The van der Waals surface area contributed by atoms with Gasteiger partial charge in [0.2, 0.25) is 0 Å². The molecule has 0 aromatic heterocycles. The second kappa shape index (κ2) is 9.80. The lowest BCUT2D eigenvalue weighted by molar-refractivity contribution is -0.137. The smallest absolute Gasteiger partial charge is 0.343 e. The molecule has 1 heterocycles. The van der Waals surface area contributed by atoms with E-state index in [1.807, 2.05) is 37.3 Å². The molecule has 0 spiro atoms. The molecule has 4 rings (SSSR count). The van der Waals surface area contributed by atoms with Gasteiger partial charge in [-0.3, -0.25) is 14.5 Å². The Morgan fingerprint density at radius 3 is 2.38 bits per heavy atom. The van der Waals surface area contributed by atoms with Crippen molar-refractivity contribution >= 4 is 40.8 Å². The minimum absolute atomic E-state index is 0.00230. The van der Waals surface area contributed by atoms with E-state index < -0.39 is 17.8 Å². The molecule has 0 radical (unpaired) electrons. The molecule has 0 fully saturated rings. The predicted octanol–water partition coefficient (Wildman–Crippen LogP) is 4.27. The highest BCUT2D eigenvalue weighted by molar-refractivity contribution is 6.48. The Morgan fingerprint density at radius 1 is 1.00 bits per heavy atom. The molecule has 1 aliphatic heterocycles. The van der Waals surface area contributed by atoms with E-state index in [0.717, 1.165) is 16.0 Å². The van der Waals surface area contributed by atoms with E-state index in [0.29, 0.717) is 23.4 Å². The Labute approximate surface area is 201 Å². The molecule has 8 heteroatoms. The molecule has 0 unspecified atom stereocenters. The van der Waals surface area contributed by atoms with Crippen molar-refractivity contribution in [2.24, 2.45) is 0 Å². The van der Waals surface area contributed by atoms with Gasteiger partial charge in [-0.2, -0.15) is 0 Å². The third-order valence-corrected chi connectivity index (χ3v) is 5.69. The summed E-state index contributed by atoms with van der Waals surface area (Å²) in [4.78, 5) is 38.9. The first kappa shape index (κ1) is 23.1. The molecular weight excluding hydrogens is 454 g/mol. The fourth-order valence-electron chi connectivity index (χ4n) is 3.50. The molecule has 0 saturated carbocycles. The number of nitrogens with two attached hydrogens (primary N) is 1. The SMILES string of the molecule is Cc1ccc(OC(=O)c2ccc(NC3=C(Cl)C(=O)N(CCc4ccccc4)C3=O)cc2)c(N)c1. The van der Waals surface area contributed by atoms with Gasteiger partial charge < -0.3 is 15.8 Å². The lowest BCUT2D eigenvalue weighted by Gasteiger charge is -2.15. The van der Waals surface area contributed by atoms with Crippen molar-refractivity contribution in [3.63, 3.8) is 0 Å². The minimum Gasteiger partial charge on any atom is -0.421 e. The molecular formula is C26H22ClN3O4. The molecule has 7 nitrogen and oxygen atoms in total. The highest BCUT2D eigenvalue weighted by atomic mass is 35.5. The average molecular weight is 476 g/mol. The third-order valence-electron chi connectivity index (χ3n) is 5.34. The largest absolute Gasteiger partial charge is 0.421 e. The number of imide groups is 1. The van der Waals surface area contributed by atoms with Gasteiger partial charge in [0.1, 0.15) is 10.7 Å². The van der Waals surface area contributed by atoms with Gasteiger partial charge in [-0.25, -0.2) is 4.79 Å². The van der Waals surface area contributed by atoms with Crippen LogP contribution in [-0.4, -0.2) is 29.2 Å². The van der Waals surface area contributed by atoms with E-state index in [1.165, 1.54) is 12.1 Å². The lowest BCUT2D eigenvalue weighted by Crippen LogP contribution is -2.34. The number of hydrogen-bond acceptors (Lipinski definition) is 6. The molecule has 3 aromatic carbocycles. The number of aryl methyl sites for hydroxylation is 1. The quantitative estimate of drug-likeness (QED) is 0.229. The molecule has 172 valence electrons. The summed E-state index contributed by atoms with van der Waals surface area (Å²) in [5, 5.41) is 2.72. The summed E-state index contributed by atoms with van der Waals surface area (Å²) in [6, 6.07) is 21.0. The van der Waals surface area contributed by atoms with E-state index in [2.05, 4.69) is 5.32 Å². The first-order valence-electron chi connectivity index (χ1n) is 10.6. The van der Waals surface area contributed by atoms with Gasteiger partial charge >= 0.3 is 5.97 Å². The van der Waals surface area contributed by atoms with Crippen LogP contribution >= 0.6 is 11.6 Å². The van der Waals surface area contributed by atoms with Crippen LogP contribution in [-0.2, 0) is 16.0 Å². The van der Waals surface area contributed by atoms with Gasteiger partial charge in [-0.05, 0) is 60.9 Å². The van der Waals surface area contributed by atoms with Crippen molar-refractivity contribution in [2.45, 2.75) is 13.3 Å². The summed E-state index contributed by atoms with van der Waals surface area (Å²) in [6.45, 7) is 2.11. The monoisotopic (exact) mass is 475 g/mol. The zero-order valence-corrected chi connectivity index (χ0v) is 19.1. The number of esters is 1. The van der Waals surface area contributed by atoms with E-state index in [1.54, 1.807) is 30.3 Å². The summed E-state index contributed by atoms with van der Waals surface area (Å²) in [7, 11) is 0. The lowest BCUT2D eigenvalue weighted by atomic mass is 10.1. The number of benzene rings is 3. The van der Waals surface area contributed by atoms with Gasteiger partial charge in [-0.1, -0.05) is 48.0 Å². The molecule has 0 aliphatic carbocycles. The zero-order chi connectivity index (χ0) is 24.2. The molecule has 0 bridgehead atoms. The number of rotatable bonds is 7. The normalized spacial score (nSPS) is 13.4. The summed E-state index contributed by atoms with van der Waals surface area (Å²) >= 11 is 6.17. The minimum atomic E-state index is -0.571. The molecule has 34 heavy (non-hydrogen) atoms. The third kappa shape index (κ3) is 4.94. The number of amides is 2. The van der Waals surface area contributed by atoms with Crippen LogP contribution in [0, 0.1) is 6.92 Å². The van der Waals surface area contributed by atoms with E-state index in [9.17, 15) is 14.4 Å². The van der Waals surface area contributed by atoms with Crippen LogP contribution in [0.25, 0.3) is 0 Å². The van der Waals surface area contributed by atoms with Crippen LogP contribution in [0.3, 0.4) is 0 Å². The maximum atomic E-state index is 12.8. The summed E-state index contributed by atoms with van der Waals surface area (Å²) in [5.74, 6) is -1.33. The van der Waals surface area contributed by atoms with Crippen LogP contribution in [0.4, 0.5) is 11.4 Å². The maximum Gasteiger partial charge on any atom is 0.343 e. The number of nitrogens with one attached hydrogen (secondary N) is 1. The van der Waals surface area contributed by atoms with Crippen molar-refractivity contribution in [3.05, 3.63) is 100 Å². The standard InChI is InChI=1S/C26H22ClN3O4/c1-16-7-12-21(20(28)15-16)34-26(33)18-8-10-19(11-9-18)29-23-22(27)24(31)30(25(23)32)14-13-17-5-3-2-4-6-17/h2-12,15,29H,13-14,28H2,1H3. The van der Waals surface area contributed by atoms with Crippen molar-refractivity contribution in [1.29, 1.82) is 0 Å². The fraction of sp³-hybridized carbons (Fsp3) is 0.115. The second-order valence-electron chi connectivity index (χ2n) is 7.82. The van der Waals surface area contributed by atoms with Crippen LogP contribution < -0.4 is 15.8 Å². The molecule has 1 aliphatic rings. The van der Waals surface area contributed by atoms with Crippen LogP contribution in [0.1, 0.15) is 21.5 Å². The predicted molar refractivity (Wildman–Crippen MR) is 130 cm³/mol. The van der Waals surface area contributed by atoms with E-state index >= 15 is 0 Å². The zero-order valence-electron chi connectivity index (χ0n) is 18.4. The number of hydrogen-bond donors (Lipinski definition) is 2.